The molecule has 0 radical (unpaired) electrons. The summed E-state index contributed by atoms with van der Waals surface area (Å²) in [5.74, 6) is -0.0900. The summed E-state index contributed by atoms with van der Waals surface area (Å²) < 4.78 is 14.9. The van der Waals surface area contributed by atoms with Gasteiger partial charge in [0.1, 0.15) is 5.82 Å². The standard InChI is InChI=1S/C22H24FN5O2S/c1-4-28-19(12-24-21(30)16-5-7-17(23)8-6-16)26-27-22(28)31-13-20(29)25-18-10-14(2)9-15(3)11-18/h5-11H,4,12-13H2,1-3H3,(H,24,30)(H,25,29). The first-order chi connectivity index (χ1) is 14.9. The monoisotopic (exact) mass is 441 g/mol. The second-order valence-electron chi connectivity index (χ2n) is 7.05. The van der Waals surface area contributed by atoms with Gasteiger partial charge >= 0.3 is 0 Å². The Hall–Kier alpha value is -3.20. The van der Waals surface area contributed by atoms with Crippen molar-refractivity contribution in [3.8, 4) is 0 Å². The van der Waals surface area contributed by atoms with Crippen LogP contribution in [0, 0.1) is 19.7 Å². The number of halogens is 1. The first-order valence-corrected chi connectivity index (χ1v) is 10.8. The minimum Gasteiger partial charge on any atom is -0.345 e. The largest absolute Gasteiger partial charge is 0.345 e. The minimum absolute atomic E-state index is 0.133. The molecule has 3 rings (SSSR count). The fourth-order valence-corrected chi connectivity index (χ4v) is 3.93. The number of amides is 2. The Morgan fingerprint density at radius 3 is 2.39 bits per heavy atom. The van der Waals surface area contributed by atoms with Gasteiger partial charge in [-0.1, -0.05) is 17.8 Å². The molecule has 0 spiro atoms. The van der Waals surface area contributed by atoms with Crippen molar-refractivity contribution in [1.29, 1.82) is 0 Å². The zero-order valence-corrected chi connectivity index (χ0v) is 18.4. The minimum atomic E-state index is -0.398. The maximum Gasteiger partial charge on any atom is 0.251 e. The number of hydrogen-bond acceptors (Lipinski definition) is 5. The van der Waals surface area contributed by atoms with Gasteiger partial charge in [-0.15, -0.1) is 10.2 Å². The Morgan fingerprint density at radius 2 is 1.74 bits per heavy atom. The third kappa shape index (κ3) is 6.14. The van der Waals surface area contributed by atoms with E-state index in [2.05, 4.69) is 20.8 Å². The Morgan fingerprint density at radius 1 is 1.06 bits per heavy atom. The van der Waals surface area contributed by atoms with Crippen LogP contribution in [0.3, 0.4) is 0 Å². The van der Waals surface area contributed by atoms with Crippen molar-refractivity contribution in [2.24, 2.45) is 0 Å². The van der Waals surface area contributed by atoms with Crippen LogP contribution in [0.4, 0.5) is 10.1 Å². The van der Waals surface area contributed by atoms with Gasteiger partial charge in [-0.25, -0.2) is 4.39 Å². The van der Waals surface area contributed by atoms with Gasteiger partial charge in [0.05, 0.1) is 12.3 Å². The van der Waals surface area contributed by atoms with Crippen LogP contribution < -0.4 is 10.6 Å². The number of benzene rings is 2. The average molecular weight is 442 g/mol. The number of nitrogens with one attached hydrogen (secondary N) is 2. The summed E-state index contributed by atoms with van der Waals surface area (Å²) in [4.78, 5) is 24.6. The molecule has 2 N–H and O–H groups in total. The van der Waals surface area contributed by atoms with E-state index < -0.39 is 5.82 Å². The molecular formula is C22H24FN5O2S. The molecule has 2 amide bonds. The van der Waals surface area contributed by atoms with Crippen LogP contribution >= 0.6 is 11.8 Å². The molecule has 0 saturated heterocycles. The summed E-state index contributed by atoms with van der Waals surface area (Å²) in [6.07, 6.45) is 0. The number of anilines is 1. The molecule has 0 bridgehead atoms. The van der Waals surface area contributed by atoms with Crippen molar-refractivity contribution in [2.75, 3.05) is 11.1 Å². The lowest BCUT2D eigenvalue weighted by molar-refractivity contribution is -0.113. The smallest absolute Gasteiger partial charge is 0.251 e. The van der Waals surface area contributed by atoms with Gasteiger partial charge in [0, 0.05) is 17.8 Å². The lowest BCUT2D eigenvalue weighted by atomic mass is 10.1. The van der Waals surface area contributed by atoms with E-state index in [-0.39, 0.29) is 24.1 Å². The lowest BCUT2D eigenvalue weighted by Crippen LogP contribution is -2.24. The third-order valence-electron chi connectivity index (χ3n) is 4.46. The van der Waals surface area contributed by atoms with E-state index in [9.17, 15) is 14.0 Å². The number of nitrogens with zero attached hydrogens (tertiary/aromatic N) is 3. The SMILES string of the molecule is CCn1c(CNC(=O)c2ccc(F)cc2)nnc1SCC(=O)Nc1cc(C)cc(C)c1. The molecule has 1 aromatic heterocycles. The van der Waals surface area contributed by atoms with Crippen LogP contribution in [0.2, 0.25) is 0 Å². The van der Waals surface area contributed by atoms with E-state index >= 15 is 0 Å². The molecule has 2 aromatic carbocycles. The van der Waals surface area contributed by atoms with Crippen LogP contribution in [0.15, 0.2) is 47.6 Å². The van der Waals surface area contributed by atoms with Crippen molar-refractivity contribution >= 4 is 29.3 Å². The Labute approximate surface area is 184 Å². The van der Waals surface area contributed by atoms with Crippen molar-refractivity contribution < 1.29 is 14.0 Å². The zero-order valence-electron chi connectivity index (χ0n) is 17.6. The predicted molar refractivity (Wildman–Crippen MR) is 119 cm³/mol. The summed E-state index contributed by atoms with van der Waals surface area (Å²) >= 11 is 1.28. The normalized spacial score (nSPS) is 10.7. The highest BCUT2D eigenvalue weighted by Crippen LogP contribution is 2.19. The lowest BCUT2D eigenvalue weighted by Gasteiger charge is -2.09. The molecule has 0 aliphatic carbocycles. The third-order valence-corrected chi connectivity index (χ3v) is 5.43. The Balaban J connectivity index is 1.57. The summed E-state index contributed by atoms with van der Waals surface area (Å²) in [5, 5.41) is 14.5. The van der Waals surface area contributed by atoms with Gasteiger partial charge < -0.3 is 15.2 Å². The molecular weight excluding hydrogens is 417 g/mol. The van der Waals surface area contributed by atoms with Crippen LogP contribution in [-0.2, 0) is 17.9 Å². The van der Waals surface area contributed by atoms with E-state index in [0.717, 1.165) is 16.8 Å². The van der Waals surface area contributed by atoms with E-state index in [1.165, 1.54) is 36.0 Å². The van der Waals surface area contributed by atoms with E-state index in [4.69, 9.17) is 0 Å². The molecule has 9 heteroatoms. The molecule has 3 aromatic rings. The molecule has 0 aliphatic heterocycles. The fourth-order valence-electron chi connectivity index (χ4n) is 3.11. The maximum absolute atomic E-state index is 13.0. The predicted octanol–water partition coefficient (Wildman–Crippen LogP) is 3.71. The number of carbonyl (C=O) groups is 2. The summed E-state index contributed by atoms with van der Waals surface area (Å²) in [7, 11) is 0. The van der Waals surface area contributed by atoms with Crippen LogP contribution in [0.25, 0.3) is 0 Å². The van der Waals surface area contributed by atoms with Gasteiger partial charge in [0.15, 0.2) is 11.0 Å². The van der Waals surface area contributed by atoms with Gasteiger partial charge in [-0.3, -0.25) is 9.59 Å². The van der Waals surface area contributed by atoms with Gasteiger partial charge in [0.25, 0.3) is 5.91 Å². The van der Waals surface area contributed by atoms with Crippen molar-refractivity contribution in [3.05, 3.63) is 70.8 Å². The number of hydrogen-bond donors (Lipinski definition) is 2. The van der Waals surface area contributed by atoms with Crippen LogP contribution in [-0.4, -0.2) is 32.3 Å². The number of aryl methyl sites for hydroxylation is 2. The van der Waals surface area contributed by atoms with E-state index in [0.29, 0.717) is 23.1 Å². The van der Waals surface area contributed by atoms with Crippen LogP contribution in [0.1, 0.15) is 34.2 Å². The molecule has 0 fully saturated rings. The molecule has 7 nitrogen and oxygen atoms in total. The van der Waals surface area contributed by atoms with Crippen molar-refractivity contribution in [3.63, 3.8) is 0 Å². The average Bonchev–Trinajstić information content (AvgIpc) is 3.12. The van der Waals surface area contributed by atoms with Gasteiger partial charge in [-0.2, -0.15) is 0 Å². The maximum atomic E-state index is 13.0. The summed E-state index contributed by atoms with van der Waals surface area (Å²) in [6.45, 7) is 6.67. The first kappa shape index (κ1) is 22.5. The van der Waals surface area contributed by atoms with E-state index in [1.807, 2.05) is 43.5 Å². The van der Waals surface area contributed by atoms with Crippen LogP contribution in [0.5, 0.6) is 0 Å². The highest BCUT2D eigenvalue weighted by molar-refractivity contribution is 7.99. The number of aromatic nitrogens is 3. The molecule has 0 atom stereocenters. The highest BCUT2D eigenvalue weighted by atomic mass is 32.2. The Kier molecular flexibility index (Phi) is 7.41. The second kappa shape index (κ2) is 10.2. The molecule has 0 aliphatic rings. The molecule has 162 valence electrons. The zero-order chi connectivity index (χ0) is 22.4. The fraction of sp³-hybridized carbons (Fsp3) is 0.273. The number of rotatable bonds is 8. The summed E-state index contributed by atoms with van der Waals surface area (Å²) in [5.41, 5.74) is 3.30. The number of thioether (sulfide) groups is 1. The van der Waals surface area contributed by atoms with Crippen molar-refractivity contribution in [1.82, 2.24) is 20.1 Å². The molecule has 31 heavy (non-hydrogen) atoms. The first-order valence-electron chi connectivity index (χ1n) is 9.82. The van der Waals surface area contributed by atoms with E-state index in [1.54, 1.807) is 0 Å². The number of carbonyl (C=O) groups excluding carboxylic acids is 2. The molecule has 0 unspecified atom stereocenters. The molecule has 0 saturated carbocycles. The molecule has 1 heterocycles. The van der Waals surface area contributed by atoms with Crippen molar-refractivity contribution in [2.45, 2.75) is 39.0 Å². The van der Waals surface area contributed by atoms with Gasteiger partial charge in [0.2, 0.25) is 5.91 Å². The highest BCUT2D eigenvalue weighted by Gasteiger charge is 2.15. The quantitative estimate of drug-likeness (QED) is 0.520. The Bertz CT molecular complexity index is 1060. The summed E-state index contributed by atoms with van der Waals surface area (Å²) in [6, 6.07) is 11.2. The topological polar surface area (TPSA) is 88.9 Å². The van der Waals surface area contributed by atoms with Gasteiger partial charge in [-0.05, 0) is 68.3 Å². The second-order valence-corrected chi connectivity index (χ2v) is 7.99.